The highest BCUT2D eigenvalue weighted by Crippen LogP contribution is 2.44. The lowest BCUT2D eigenvalue weighted by atomic mass is 9.98. The van der Waals surface area contributed by atoms with E-state index in [9.17, 15) is 19.5 Å². The third-order valence-corrected chi connectivity index (χ3v) is 6.14. The lowest BCUT2D eigenvalue weighted by molar-refractivity contribution is -0.137. The van der Waals surface area contributed by atoms with Crippen LogP contribution in [0.15, 0.2) is 48.5 Å². The molecule has 1 unspecified atom stereocenters. The molecule has 4 rings (SSSR count). The molecule has 0 aromatic heterocycles. The van der Waals surface area contributed by atoms with Gasteiger partial charge >= 0.3 is 12.1 Å². The van der Waals surface area contributed by atoms with E-state index in [4.69, 9.17) is 9.84 Å². The van der Waals surface area contributed by atoms with Gasteiger partial charge in [-0.15, -0.1) is 0 Å². The van der Waals surface area contributed by atoms with Crippen molar-refractivity contribution in [2.75, 3.05) is 13.2 Å². The Morgan fingerprint density at radius 1 is 1.03 bits per heavy atom. The molecule has 168 valence electrons. The fraction of sp³-hybridized carbons (Fsp3) is 0.375. The normalized spacial score (nSPS) is 16.4. The Morgan fingerprint density at radius 3 is 2.16 bits per heavy atom. The van der Waals surface area contributed by atoms with Crippen molar-refractivity contribution in [3.05, 3.63) is 59.7 Å². The number of aliphatic hydroxyl groups is 1. The van der Waals surface area contributed by atoms with Crippen LogP contribution < -0.4 is 10.6 Å². The molecule has 0 heterocycles. The Kier molecular flexibility index (Phi) is 6.14. The number of carbonyl (C=O) groups excluding carboxylic acids is 2. The van der Waals surface area contributed by atoms with Gasteiger partial charge in [0.1, 0.15) is 12.6 Å². The molecular formula is C24H26N2O6. The van der Waals surface area contributed by atoms with Gasteiger partial charge in [-0.25, -0.2) is 4.79 Å². The van der Waals surface area contributed by atoms with Crippen LogP contribution in [0.4, 0.5) is 4.79 Å². The smallest absolute Gasteiger partial charge is 0.407 e. The molecule has 2 aliphatic rings. The number of hydrogen-bond donors (Lipinski definition) is 4. The summed E-state index contributed by atoms with van der Waals surface area (Å²) < 4.78 is 5.47. The second kappa shape index (κ2) is 9.00. The van der Waals surface area contributed by atoms with Crippen LogP contribution in [0.25, 0.3) is 11.1 Å². The topological polar surface area (TPSA) is 125 Å². The number of nitrogens with one attached hydrogen (secondary N) is 2. The largest absolute Gasteiger partial charge is 0.481 e. The van der Waals surface area contributed by atoms with Crippen LogP contribution in [0.5, 0.6) is 0 Å². The molecule has 2 aromatic carbocycles. The minimum absolute atomic E-state index is 0.0765. The van der Waals surface area contributed by atoms with Crippen LogP contribution in [0.3, 0.4) is 0 Å². The van der Waals surface area contributed by atoms with Gasteiger partial charge in [0.25, 0.3) is 0 Å². The number of amides is 2. The van der Waals surface area contributed by atoms with E-state index in [0.717, 1.165) is 22.3 Å². The summed E-state index contributed by atoms with van der Waals surface area (Å²) in [6.07, 6.45) is 0.143. The molecule has 4 N–H and O–H groups in total. The Morgan fingerprint density at radius 2 is 1.62 bits per heavy atom. The van der Waals surface area contributed by atoms with Crippen LogP contribution in [-0.2, 0) is 14.3 Å². The molecule has 0 aliphatic heterocycles. The minimum Gasteiger partial charge on any atom is -0.481 e. The van der Waals surface area contributed by atoms with E-state index in [1.165, 1.54) is 0 Å². The molecule has 2 aliphatic carbocycles. The summed E-state index contributed by atoms with van der Waals surface area (Å²) >= 11 is 0. The van der Waals surface area contributed by atoms with Gasteiger partial charge in [0, 0.05) is 12.3 Å². The number of carbonyl (C=O) groups is 3. The first-order valence-corrected chi connectivity index (χ1v) is 10.7. The molecular weight excluding hydrogens is 412 g/mol. The van der Waals surface area contributed by atoms with Gasteiger partial charge in [-0.05, 0) is 41.5 Å². The highest BCUT2D eigenvalue weighted by atomic mass is 16.5. The van der Waals surface area contributed by atoms with Crippen LogP contribution in [0, 0.1) is 0 Å². The Labute approximate surface area is 185 Å². The van der Waals surface area contributed by atoms with Crippen LogP contribution in [-0.4, -0.2) is 53.0 Å². The number of ether oxygens (including phenoxy) is 1. The van der Waals surface area contributed by atoms with Gasteiger partial charge in [-0.1, -0.05) is 48.5 Å². The number of aliphatic carboxylic acids is 1. The lowest BCUT2D eigenvalue weighted by Crippen LogP contribution is -2.51. The zero-order valence-corrected chi connectivity index (χ0v) is 17.5. The lowest BCUT2D eigenvalue weighted by Gasteiger charge is -2.22. The zero-order chi connectivity index (χ0) is 22.7. The van der Waals surface area contributed by atoms with E-state index in [1.54, 1.807) is 0 Å². The van der Waals surface area contributed by atoms with E-state index in [-0.39, 0.29) is 32.0 Å². The first kappa shape index (κ1) is 21.8. The second-order valence-electron chi connectivity index (χ2n) is 8.38. The number of alkyl carbamates (subject to hydrolysis) is 1. The van der Waals surface area contributed by atoms with Gasteiger partial charge in [0.15, 0.2) is 0 Å². The molecule has 8 heteroatoms. The number of carboxylic acid groups (broad SMARTS) is 1. The number of hydrogen-bond acceptors (Lipinski definition) is 5. The van der Waals surface area contributed by atoms with Crippen LogP contribution in [0.2, 0.25) is 0 Å². The first-order chi connectivity index (χ1) is 15.4. The highest BCUT2D eigenvalue weighted by Gasteiger charge is 2.44. The Balaban J connectivity index is 1.41. The van der Waals surface area contributed by atoms with Gasteiger partial charge < -0.3 is 25.6 Å². The average molecular weight is 438 g/mol. The fourth-order valence-corrected chi connectivity index (χ4v) is 4.14. The molecule has 2 amide bonds. The second-order valence-corrected chi connectivity index (χ2v) is 8.38. The molecule has 2 aromatic rings. The number of carboxylic acids is 1. The Hall–Kier alpha value is -3.39. The van der Waals surface area contributed by atoms with Crippen LogP contribution >= 0.6 is 0 Å². The van der Waals surface area contributed by atoms with Crippen molar-refractivity contribution < 1.29 is 29.3 Å². The quantitative estimate of drug-likeness (QED) is 0.477. The zero-order valence-electron chi connectivity index (χ0n) is 17.5. The van der Waals surface area contributed by atoms with E-state index >= 15 is 0 Å². The van der Waals surface area contributed by atoms with Gasteiger partial charge in [-0.2, -0.15) is 0 Å². The van der Waals surface area contributed by atoms with E-state index in [1.807, 2.05) is 48.5 Å². The van der Waals surface area contributed by atoms with Crippen molar-refractivity contribution in [2.45, 2.75) is 43.2 Å². The molecule has 8 nitrogen and oxygen atoms in total. The summed E-state index contributed by atoms with van der Waals surface area (Å²) in [4.78, 5) is 36.1. The van der Waals surface area contributed by atoms with E-state index < -0.39 is 29.6 Å². The van der Waals surface area contributed by atoms with Crippen molar-refractivity contribution in [1.29, 1.82) is 0 Å². The van der Waals surface area contributed by atoms with Crippen molar-refractivity contribution in [1.82, 2.24) is 10.6 Å². The van der Waals surface area contributed by atoms with Gasteiger partial charge in [0.05, 0.1) is 12.1 Å². The molecule has 0 radical (unpaired) electrons. The molecule has 1 fully saturated rings. The predicted octanol–water partition coefficient (Wildman–Crippen LogP) is 2.40. The third-order valence-electron chi connectivity index (χ3n) is 6.14. The SMILES string of the molecule is O=C(O)CCC(NC(=O)OCC1c2ccccc2-c2ccccc21)C(=O)NC1(CO)CC1. The highest BCUT2D eigenvalue weighted by molar-refractivity contribution is 5.87. The molecule has 0 saturated heterocycles. The maximum atomic E-state index is 12.6. The predicted molar refractivity (Wildman–Crippen MR) is 116 cm³/mol. The summed E-state index contributed by atoms with van der Waals surface area (Å²) in [5.74, 6) is -1.71. The number of rotatable bonds is 9. The number of fused-ring (bicyclic) bond motifs is 3. The summed E-state index contributed by atoms with van der Waals surface area (Å²) in [6, 6.07) is 14.9. The summed E-state index contributed by atoms with van der Waals surface area (Å²) in [7, 11) is 0. The van der Waals surface area contributed by atoms with Crippen molar-refractivity contribution in [3.8, 4) is 11.1 Å². The fourth-order valence-electron chi connectivity index (χ4n) is 4.14. The summed E-state index contributed by atoms with van der Waals surface area (Å²) in [6.45, 7) is -0.108. The Bertz CT molecular complexity index is 987. The van der Waals surface area contributed by atoms with E-state index in [0.29, 0.717) is 12.8 Å². The standard InChI is InChI=1S/C24H26N2O6/c27-14-24(11-12-24)26-22(30)20(9-10-21(28)29)25-23(31)32-13-19-17-7-3-1-5-15(17)16-6-2-4-8-18(16)19/h1-8,19-20,27H,9-14H2,(H,25,31)(H,26,30)(H,28,29). The van der Waals surface area contributed by atoms with Crippen LogP contribution in [0.1, 0.15) is 42.7 Å². The minimum atomic E-state index is -1.07. The molecule has 0 spiro atoms. The van der Waals surface area contributed by atoms with Gasteiger partial charge in [-0.3, -0.25) is 9.59 Å². The number of benzene rings is 2. The van der Waals surface area contributed by atoms with Crippen molar-refractivity contribution >= 4 is 18.0 Å². The van der Waals surface area contributed by atoms with Crippen molar-refractivity contribution in [3.63, 3.8) is 0 Å². The summed E-state index contributed by atoms with van der Waals surface area (Å²) in [5, 5.41) is 23.6. The average Bonchev–Trinajstić information content (AvgIpc) is 3.49. The molecule has 1 saturated carbocycles. The number of aliphatic hydroxyl groups excluding tert-OH is 1. The van der Waals surface area contributed by atoms with Gasteiger partial charge in [0.2, 0.25) is 5.91 Å². The third kappa shape index (κ3) is 4.60. The maximum Gasteiger partial charge on any atom is 0.407 e. The molecule has 1 atom stereocenters. The maximum absolute atomic E-state index is 12.6. The molecule has 0 bridgehead atoms. The monoisotopic (exact) mass is 438 g/mol. The first-order valence-electron chi connectivity index (χ1n) is 10.7. The molecule has 32 heavy (non-hydrogen) atoms. The van der Waals surface area contributed by atoms with Crippen molar-refractivity contribution in [2.24, 2.45) is 0 Å². The summed E-state index contributed by atoms with van der Waals surface area (Å²) in [5.41, 5.74) is 3.69. The van der Waals surface area contributed by atoms with E-state index in [2.05, 4.69) is 10.6 Å².